The van der Waals surface area contributed by atoms with Crippen LogP contribution in [0.3, 0.4) is 0 Å². The molecule has 28 heavy (non-hydrogen) atoms. The molecule has 0 saturated carbocycles. The van der Waals surface area contributed by atoms with Crippen molar-refractivity contribution in [2.75, 3.05) is 7.11 Å². The Morgan fingerprint density at radius 2 is 1.82 bits per heavy atom. The van der Waals surface area contributed by atoms with Gasteiger partial charge in [-0.3, -0.25) is 4.79 Å². The minimum Gasteiger partial charge on any atom is -0.496 e. The maximum absolute atomic E-state index is 13.0. The van der Waals surface area contributed by atoms with Gasteiger partial charge in [0.1, 0.15) is 5.75 Å². The molecule has 0 heterocycles. The summed E-state index contributed by atoms with van der Waals surface area (Å²) in [5, 5.41) is 1.40. The van der Waals surface area contributed by atoms with E-state index in [1.807, 2.05) is 37.3 Å². The first-order valence-electron chi connectivity index (χ1n) is 9.13. The van der Waals surface area contributed by atoms with Gasteiger partial charge in [-0.15, -0.1) is 0 Å². The number of carbonyl (C=O) groups is 1. The highest BCUT2D eigenvalue weighted by Gasteiger charge is 2.34. The molecule has 5 nitrogen and oxygen atoms in total. The van der Waals surface area contributed by atoms with E-state index in [1.54, 1.807) is 25.3 Å². The van der Waals surface area contributed by atoms with Crippen molar-refractivity contribution in [1.82, 2.24) is 4.72 Å². The first kappa shape index (κ1) is 18.5. The summed E-state index contributed by atoms with van der Waals surface area (Å²) in [5.74, 6) is -0.259. The summed E-state index contributed by atoms with van der Waals surface area (Å²) < 4.78 is 33.7. The van der Waals surface area contributed by atoms with Crippen LogP contribution in [0, 0.1) is 6.92 Å². The predicted octanol–water partition coefficient (Wildman–Crippen LogP) is 3.69. The van der Waals surface area contributed by atoms with Crippen LogP contribution in [0.2, 0.25) is 0 Å². The molecule has 0 saturated heterocycles. The summed E-state index contributed by atoms with van der Waals surface area (Å²) in [6.45, 7) is 1.93. The van der Waals surface area contributed by atoms with E-state index >= 15 is 0 Å². The standard InChI is InChI=1S/C22H21NO4S/c1-14-10-13-19(27-2)17-11-12-18(21(14)17)22(24)23-28(25,26)20-9-5-7-15-6-3-4-8-16(15)20/h3-10,13,18H,11-12H2,1-2H3,(H,23,24)/t18-/m0/s1. The summed E-state index contributed by atoms with van der Waals surface area (Å²) in [6, 6.07) is 16.1. The van der Waals surface area contributed by atoms with Gasteiger partial charge in [0, 0.05) is 5.39 Å². The van der Waals surface area contributed by atoms with Crippen LogP contribution < -0.4 is 9.46 Å². The molecule has 3 aromatic rings. The third-order valence-corrected chi connectivity index (χ3v) is 6.78. The first-order valence-corrected chi connectivity index (χ1v) is 10.6. The van der Waals surface area contributed by atoms with Crippen molar-refractivity contribution in [3.63, 3.8) is 0 Å². The fraction of sp³-hybridized carbons (Fsp3) is 0.227. The molecule has 0 aromatic heterocycles. The van der Waals surface area contributed by atoms with E-state index < -0.39 is 21.8 Å². The Labute approximate surface area is 164 Å². The van der Waals surface area contributed by atoms with Crippen LogP contribution in [0.15, 0.2) is 59.5 Å². The van der Waals surface area contributed by atoms with E-state index in [0.29, 0.717) is 18.2 Å². The van der Waals surface area contributed by atoms with E-state index in [9.17, 15) is 13.2 Å². The molecule has 0 spiro atoms. The number of nitrogens with one attached hydrogen (secondary N) is 1. The van der Waals surface area contributed by atoms with Crippen molar-refractivity contribution in [1.29, 1.82) is 0 Å². The van der Waals surface area contributed by atoms with Gasteiger partial charge in [-0.05, 0) is 54.0 Å². The zero-order valence-corrected chi connectivity index (χ0v) is 16.5. The largest absolute Gasteiger partial charge is 0.496 e. The molecule has 6 heteroatoms. The number of hydrogen-bond donors (Lipinski definition) is 1. The average molecular weight is 395 g/mol. The molecule has 3 aromatic carbocycles. The van der Waals surface area contributed by atoms with Gasteiger partial charge in [0.05, 0.1) is 17.9 Å². The Morgan fingerprint density at radius 1 is 1.07 bits per heavy atom. The highest BCUT2D eigenvalue weighted by Crippen LogP contribution is 2.40. The predicted molar refractivity (Wildman–Crippen MR) is 108 cm³/mol. The molecular formula is C22H21NO4S. The summed E-state index contributed by atoms with van der Waals surface area (Å²) in [5.41, 5.74) is 2.84. The molecule has 1 aliphatic carbocycles. The number of ether oxygens (including phenoxy) is 1. The summed E-state index contributed by atoms with van der Waals surface area (Å²) in [4.78, 5) is 13.1. The van der Waals surface area contributed by atoms with Crippen molar-refractivity contribution in [3.05, 3.63) is 71.3 Å². The second kappa shape index (κ2) is 6.95. The lowest BCUT2D eigenvalue weighted by Crippen LogP contribution is -2.34. The molecule has 0 unspecified atom stereocenters. The van der Waals surface area contributed by atoms with E-state index in [0.717, 1.165) is 27.8 Å². The zero-order chi connectivity index (χ0) is 19.9. The second-order valence-electron chi connectivity index (χ2n) is 7.02. The average Bonchev–Trinajstić information content (AvgIpc) is 3.14. The summed E-state index contributed by atoms with van der Waals surface area (Å²) in [7, 11) is -2.38. The molecule has 1 amide bonds. The lowest BCUT2D eigenvalue weighted by atomic mass is 9.95. The van der Waals surface area contributed by atoms with Crippen LogP contribution in [0.5, 0.6) is 5.75 Å². The maximum atomic E-state index is 13.0. The molecule has 144 valence electrons. The molecular weight excluding hydrogens is 374 g/mol. The normalized spacial score (nSPS) is 16.0. The smallest absolute Gasteiger partial charge is 0.264 e. The number of benzene rings is 3. The number of fused-ring (bicyclic) bond motifs is 2. The van der Waals surface area contributed by atoms with E-state index in [1.165, 1.54) is 6.07 Å². The second-order valence-corrected chi connectivity index (χ2v) is 8.67. The molecule has 0 bridgehead atoms. The van der Waals surface area contributed by atoms with E-state index in [-0.39, 0.29) is 4.90 Å². The Morgan fingerprint density at radius 3 is 2.61 bits per heavy atom. The minimum atomic E-state index is -3.99. The molecule has 1 N–H and O–H groups in total. The van der Waals surface area contributed by atoms with E-state index in [2.05, 4.69) is 4.72 Å². The fourth-order valence-corrected chi connectivity index (χ4v) is 5.33. The number of amides is 1. The van der Waals surface area contributed by atoms with Crippen LogP contribution in [0.4, 0.5) is 0 Å². The van der Waals surface area contributed by atoms with Crippen molar-refractivity contribution in [2.45, 2.75) is 30.6 Å². The van der Waals surface area contributed by atoms with Crippen molar-refractivity contribution in [2.24, 2.45) is 0 Å². The highest BCUT2D eigenvalue weighted by molar-refractivity contribution is 7.90. The van der Waals surface area contributed by atoms with Crippen LogP contribution in [-0.2, 0) is 21.2 Å². The molecule has 1 atom stereocenters. The summed E-state index contributed by atoms with van der Waals surface area (Å²) in [6.07, 6.45) is 1.25. The Balaban J connectivity index is 1.69. The van der Waals surface area contributed by atoms with Gasteiger partial charge in [-0.25, -0.2) is 13.1 Å². The molecule has 0 aliphatic heterocycles. The van der Waals surface area contributed by atoms with Gasteiger partial charge in [0.15, 0.2) is 0 Å². The molecule has 4 rings (SSSR count). The molecule has 1 aliphatic rings. The summed E-state index contributed by atoms with van der Waals surface area (Å²) >= 11 is 0. The lowest BCUT2D eigenvalue weighted by Gasteiger charge is -2.16. The van der Waals surface area contributed by atoms with Gasteiger partial charge in [-0.2, -0.15) is 0 Å². The number of sulfonamides is 1. The van der Waals surface area contributed by atoms with Crippen molar-refractivity contribution in [3.8, 4) is 5.75 Å². The quantitative estimate of drug-likeness (QED) is 0.731. The van der Waals surface area contributed by atoms with E-state index in [4.69, 9.17) is 4.74 Å². The number of methoxy groups -OCH3 is 1. The number of carbonyl (C=O) groups excluding carboxylic acids is 1. The highest BCUT2D eigenvalue weighted by atomic mass is 32.2. The number of rotatable bonds is 4. The Kier molecular flexibility index (Phi) is 4.59. The van der Waals surface area contributed by atoms with Crippen LogP contribution in [-0.4, -0.2) is 21.4 Å². The third-order valence-electron chi connectivity index (χ3n) is 5.37. The topological polar surface area (TPSA) is 72.5 Å². The van der Waals surface area contributed by atoms with Gasteiger partial charge in [0.25, 0.3) is 10.0 Å². The zero-order valence-electron chi connectivity index (χ0n) is 15.7. The Hall–Kier alpha value is -2.86. The Bertz CT molecular complexity index is 1180. The van der Waals surface area contributed by atoms with Gasteiger partial charge in [-0.1, -0.05) is 42.5 Å². The lowest BCUT2D eigenvalue weighted by molar-refractivity contribution is -0.120. The fourth-order valence-electron chi connectivity index (χ4n) is 4.08. The van der Waals surface area contributed by atoms with Gasteiger partial charge >= 0.3 is 0 Å². The molecule has 0 fully saturated rings. The third kappa shape index (κ3) is 3.03. The van der Waals surface area contributed by atoms with Crippen LogP contribution >= 0.6 is 0 Å². The van der Waals surface area contributed by atoms with Crippen LogP contribution in [0.1, 0.15) is 29.0 Å². The first-order chi connectivity index (χ1) is 13.4. The van der Waals surface area contributed by atoms with Gasteiger partial charge in [0.2, 0.25) is 5.91 Å². The number of aryl methyl sites for hydroxylation is 1. The number of hydrogen-bond acceptors (Lipinski definition) is 4. The SMILES string of the molecule is COc1ccc(C)c2c1CC[C@@H]2C(=O)NS(=O)(=O)c1cccc2ccccc12. The molecule has 0 radical (unpaired) electrons. The monoisotopic (exact) mass is 395 g/mol. The van der Waals surface area contributed by atoms with Crippen molar-refractivity contribution < 1.29 is 17.9 Å². The maximum Gasteiger partial charge on any atom is 0.264 e. The minimum absolute atomic E-state index is 0.111. The van der Waals surface area contributed by atoms with Crippen LogP contribution in [0.25, 0.3) is 10.8 Å². The van der Waals surface area contributed by atoms with Gasteiger partial charge < -0.3 is 4.74 Å². The van der Waals surface area contributed by atoms with Crippen molar-refractivity contribution >= 4 is 26.7 Å².